The number of carboxylic acids is 1. The van der Waals surface area contributed by atoms with E-state index < -0.39 is 11.7 Å². The highest BCUT2D eigenvalue weighted by Crippen LogP contribution is 2.29. The van der Waals surface area contributed by atoms with Crippen molar-refractivity contribution in [2.45, 2.75) is 13.0 Å². The molecule has 3 heterocycles. The Kier molecular flexibility index (Phi) is 3.27. The number of nitrogens with zero attached hydrogens (tertiary/aromatic N) is 1. The number of rotatable bonds is 2. The predicted octanol–water partition coefficient (Wildman–Crippen LogP) is 2.08. The number of aromatic nitrogens is 1. The Morgan fingerprint density at radius 3 is 2.96 bits per heavy atom. The van der Waals surface area contributed by atoms with Crippen molar-refractivity contribution in [3.8, 4) is 0 Å². The summed E-state index contributed by atoms with van der Waals surface area (Å²) in [5, 5.41) is 10.8. The first-order chi connectivity index (χ1) is 11.5. The number of carboxylic acid groups (broad SMARTS) is 1. The number of benzene rings is 1. The molecule has 0 spiro atoms. The Morgan fingerprint density at radius 2 is 2.17 bits per heavy atom. The van der Waals surface area contributed by atoms with Crippen LogP contribution in [0.3, 0.4) is 0 Å². The molecule has 8 heteroatoms. The number of hydrogen-bond donors (Lipinski definition) is 2. The molecule has 0 unspecified atom stereocenters. The average Bonchev–Trinajstić information content (AvgIpc) is 3.14. The number of aromatic amines is 1. The minimum Gasteiger partial charge on any atom is -0.478 e. The van der Waals surface area contributed by atoms with Crippen LogP contribution >= 0.6 is 11.3 Å². The maximum Gasteiger partial charge on any atom is 0.417 e. The average molecular weight is 344 g/mol. The number of oxazole rings is 1. The number of carbonyl (C=O) groups excluding carboxylic acids is 1. The van der Waals surface area contributed by atoms with Gasteiger partial charge >= 0.3 is 11.7 Å². The lowest BCUT2D eigenvalue weighted by Gasteiger charge is -2.27. The monoisotopic (exact) mass is 344 g/mol. The SMILES string of the molecule is O=C(O)c1csc2c1CCN(C(=O)c1ccc3[nH]c(=O)oc3c1)C2. The zero-order chi connectivity index (χ0) is 16.8. The third-order valence-corrected chi connectivity index (χ3v) is 5.15. The van der Waals surface area contributed by atoms with Crippen LogP contribution in [0.2, 0.25) is 0 Å². The van der Waals surface area contributed by atoms with E-state index in [-0.39, 0.29) is 5.91 Å². The maximum atomic E-state index is 12.7. The fraction of sp³-hybridized carbons (Fsp3) is 0.188. The first kappa shape index (κ1) is 14.7. The summed E-state index contributed by atoms with van der Waals surface area (Å²) >= 11 is 1.36. The minimum atomic E-state index is -0.930. The molecule has 0 radical (unpaired) electrons. The molecule has 122 valence electrons. The lowest BCUT2D eigenvalue weighted by Crippen LogP contribution is -2.35. The molecule has 7 nitrogen and oxygen atoms in total. The summed E-state index contributed by atoms with van der Waals surface area (Å²) in [4.78, 5) is 40.2. The van der Waals surface area contributed by atoms with Crippen molar-refractivity contribution < 1.29 is 19.1 Å². The highest BCUT2D eigenvalue weighted by molar-refractivity contribution is 7.10. The van der Waals surface area contributed by atoms with Gasteiger partial charge in [0.25, 0.3) is 5.91 Å². The Morgan fingerprint density at radius 1 is 1.33 bits per heavy atom. The zero-order valence-electron chi connectivity index (χ0n) is 12.4. The van der Waals surface area contributed by atoms with Gasteiger partial charge in [-0.1, -0.05) is 0 Å². The van der Waals surface area contributed by atoms with Crippen LogP contribution in [-0.4, -0.2) is 33.4 Å². The molecule has 2 aromatic heterocycles. The second kappa shape index (κ2) is 5.34. The number of amides is 1. The highest BCUT2D eigenvalue weighted by Gasteiger charge is 2.27. The van der Waals surface area contributed by atoms with Gasteiger partial charge in [0.2, 0.25) is 0 Å². The Labute approximate surface area is 139 Å². The largest absolute Gasteiger partial charge is 0.478 e. The van der Waals surface area contributed by atoms with Crippen molar-refractivity contribution in [1.82, 2.24) is 9.88 Å². The minimum absolute atomic E-state index is 0.170. The lowest BCUT2D eigenvalue weighted by atomic mass is 10.0. The normalized spacial score (nSPS) is 13.9. The van der Waals surface area contributed by atoms with Crippen LogP contribution in [0.1, 0.15) is 31.2 Å². The summed E-state index contributed by atoms with van der Waals surface area (Å²) in [7, 11) is 0. The van der Waals surface area contributed by atoms with E-state index in [1.54, 1.807) is 28.5 Å². The fourth-order valence-corrected chi connectivity index (χ4v) is 4.03. The van der Waals surface area contributed by atoms with Crippen molar-refractivity contribution in [3.63, 3.8) is 0 Å². The molecule has 4 rings (SSSR count). The number of carbonyl (C=O) groups is 2. The number of thiophene rings is 1. The number of fused-ring (bicyclic) bond motifs is 2. The molecule has 0 saturated heterocycles. The number of nitrogens with one attached hydrogen (secondary N) is 1. The van der Waals surface area contributed by atoms with E-state index in [9.17, 15) is 19.5 Å². The second-order valence-corrected chi connectivity index (χ2v) is 6.52. The van der Waals surface area contributed by atoms with E-state index in [2.05, 4.69) is 4.98 Å². The van der Waals surface area contributed by atoms with Crippen molar-refractivity contribution in [2.24, 2.45) is 0 Å². The number of aromatic carboxylic acids is 1. The quantitative estimate of drug-likeness (QED) is 0.741. The molecule has 24 heavy (non-hydrogen) atoms. The van der Waals surface area contributed by atoms with Gasteiger partial charge in [0.05, 0.1) is 17.6 Å². The molecule has 1 aromatic carbocycles. The molecule has 0 fully saturated rings. The standard InChI is InChI=1S/C16H12N2O5S/c19-14(8-1-2-11-12(5-8)23-16(22)17-11)18-4-3-9-10(15(20)21)7-24-13(9)6-18/h1-2,5,7H,3-4,6H2,(H,17,22)(H,20,21). The van der Waals surface area contributed by atoms with Crippen LogP contribution in [0.25, 0.3) is 11.1 Å². The molecule has 0 bridgehead atoms. The van der Waals surface area contributed by atoms with Crippen molar-refractivity contribution in [2.75, 3.05) is 6.54 Å². The van der Waals surface area contributed by atoms with Crippen LogP contribution in [0.5, 0.6) is 0 Å². The number of hydrogen-bond acceptors (Lipinski definition) is 5. The summed E-state index contributed by atoms with van der Waals surface area (Å²) in [5.41, 5.74) is 2.47. The summed E-state index contributed by atoms with van der Waals surface area (Å²) in [6.45, 7) is 0.846. The summed E-state index contributed by atoms with van der Waals surface area (Å²) in [5.74, 6) is -1.66. The van der Waals surface area contributed by atoms with E-state index >= 15 is 0 Å². The van der Waals surface area contributed by atoms with E-state index in [1.807, 2.05) is 0 Å². The van der Waals surface area contributed by atoms with Crippen LogP contribution in [-0.2, 0) is 13.0 Å². The third kappa shape index (κ3) is 2.31. The maximum absolute atomic E-state index is 12.7. The first-order valence-electron chi connectivity index (χ1n) is 7.27. The summed E-state index contributed by atoms with van der Waals surface area (Å²) in [6, 6.07) is 4.82. The number of H-pyrrole nitrogens is 1. The Hall–Kier alpha value is -2.87. The van der Waals surface area contributed by atoms with Gasteiger partial charge in [-0.3, -0.25) is 9.78 Å². The van der Waals surface area contributed by atoms with Gasteiger partial charge in [-0.15, -0.1) is 11.3 Å². The lowest BCUT2D eigenvalue weighted by molar-refractivity contribution is 0.0695. The second-order valence-electron chi connectivity index (χ2n) is 5.56. The van der Waals surface area contributed by atoms with Crippen molar-refractivity contribution in [1.29, 1.82) is 0 Å². The van der Waals surface area contributed by atoms with Gasteiger partial charge in [0.1, 0.15) is 0 Å². The van der Waals surface area contributed by atoms with Crippen LogP contribution in [0.15, 0.2) is 32.8 Å². The molecule has 0 aliphatic carbocycles. The van der Waals surface area contributed by atoms with Gasteiger partial charge in [0.15, 0.2) is 5.58 Å². The first-order valence-corrected chi connectivity index (χ1v) is 8.15. The van der Waals surface area contributed by atoms with E-state index in [4.69, 9.17) is 4.42 Å². The van der Waals surface area contributed by atoms with Gasteiger partial charge < -0.3 is 14.4 Å². The van der Waals surface area contributed by atoms with Crippen LogP contribution in [0, 0.1) is 0 Å². The van der Waals surface area contributed by atoms with E-state index in [0.717, 1.165) is 10.4 Å². The highest BCUT2D eigenvalue weighted by atomic mass is 32.1. The molecule has 1 aliphatic rings. The van der Waals surface area contributed by atoms with Crippen molar-refractivity contribution >= 4 is 34.3 Å². The Balaban J connectivity index is 1.62. The smallest absolute Gasteiger partial charge is 0.417 e. The van der Waals surface area contributed by atoms with E-state index in [0.29, 0.717) is 41.7 Å². The zero-order valence-corrected chi connectivity index (χ0v) is 13.2. The van der Waals surface area contributed by atoms with Gasteiger partial charge in [-0.25, -0.2) is 9.59 Å². The molecule has 3 aromatic rings. The summed E-state index contributed by atoms with van der Waals surface area (Å²) < 4.78 is 4.99. The fourth-order valence-electron chi connectivity index (χ4n) is 2.94. The van der Waals surface area contributed by atoms with Crippen molar-refractivity contribution in [3.05, 3.63) is 55.7 Å². The third-order valence-electron chi connectivity index (χ3n) is 4.13. The molecule has 0 atom stereocenters. The Bertz CT molecular complexity index is 1030. The van der Waals surface area contributed by atoms with Gasteiger partial charge in [-0.05, 0) is 30.2 Å². The molecule has 1 aliphatic heterocycles. The summed E-state index contributed by atoms with van der Waals surface area (Å²) in [6.07, 6.45) is 0.522. The van der Waals surface area contributed by atoms with Gasteiger partial charge in [-0.2, -0.15) is 0 Å². The van der Waals surface area contributed by atoms with E-state index in [1.165, 1.54) is 11.3 Å². The van der Waals surface area contributed by atoms with Gasteiger partial charge in [0, 0.05) is 22.4 Å². The predicted molar refractivity (Wildman–Crippen MR) is 86.6 cm³/mol. The molecule has 2 N–H and O–H groups in total. The van der Waals surface area contributed by atoms with Crippen LogP contribution in [0.4, 0.5) is 0 Å². The molecular formula is C16H12N2O5S. The molecule has 0 saturated carbocycles. The molecular weight excluding hydrogens is 332 g/mol. The molecule has 1 amide bonds. The topological polar surface area (TPSA) is 104 Å². The van der Waals surface area contributed by atoms with Crippen LogP contribution < -0.4 is 5.76 Å².